The standard InChI is InChI=1S/C9H13N5OS/c1-13-9(15)14(5-10-13)8-12-11-7(16-8)6-3-2-4-6/h6,10H,2-5H2,1H3. The molecule has 0 spiro atoms. The number of urea groups is 1. The average molecular weight is 239 g/mol. The van der Waals surface area contributed by atoms with Crippen LogP contribution in [0.25, 0.3) is 0 Å². The van der Waals surface area contributed by atoms with Crippen molar-refractivity contribution < 1.29 is 4.79 Å². The minimum absolute atomic E-state index is 0.0729. The molecule has 1 N–H and O–H groups in total. The van der Waals surface area contributed by atoms with Gasteiger partial charge in [-0.2, -0.15) is 0 Å². The highest BCUT2D eigenvalue weighted by atomic mass is 32.1. The fourth-order valence-corrected chi connectivity index (χ4v) is 2.80. The van der Waals surface area contributed by atoms with Crippen LogP contribution in [0.2, 0.25) is 0 Å². The molecule has 0 bridgehead atoms. The van der Waals surface area contributed by atoms with Crippen LogP contribution in [0.1, 0.15) is 30.2 Å². The SMILES string of the molecule is CN1NCN(c2nnc(C3CCC3)s2)C1=O. The van der Waals surface area contributed by atoms with Crippen LogP contribution in [0.15, 0.2) is 0 Å². The molecule has 6 nitrogen and oxygen atoms in total. The predicted octanol–water partition coefficient (Wildman–Crippen LogP) is 1.14. The molecule has 0 aromatic carbocycles. The van der Waals surface area contributed by atoms with Crippen molar-refractivity contribution in [3.63, 3.8) is 0 Å². The predicted molar refractivity (Wildman–Crippen MR) is 60.1 cm³/mol. The number of nitrogens with one attached hydrogen (secondary N) is 1. The van der Waals surface area contributed by atoms with Gasteiger partial charge in [0.25, 0.3) is 0 Å². The zero-order valence-electron chi connectivity index (χ0n) is 9.01. The first-order valence-electron chi connectivity index (χ1n) is 5.38. The Labute approximate surface area is 97.2 Å². The van der Waals surface area contributed by atoms with Gasteiger partial charge in [-0.25, -0.2) is 10.2 Å². The van der Waals surface area contributed by atoms with Crippen molar-refractivity contribution in [1.82, 2.24) is 20.6 Å². The molecule has 1 aromatic rings. The third-order valence-corrected chi connectivity index (χ3v) is 4.21. The number of aromatic nitrogens is 2. The Morgan fingerprint density at radius 1 is 1.44 bits per heavy atom. The normalized spacial score (nSPS) is 21.7. The van der Waals surface area contributed by atoms with E-state index in [0.717, 1.165) is 5.01 Å². The van der Waals surface area contributed by atoms with Crippen LogP contribution >= 0.6 is 11.3 Å². The third-order valence-electron chi connectivity index (χ3n) is 3.10. The molecule has 7 heteroatoms. The molecule has 2 amide bonds. The maximum atomic E-state index is 11.7. The lowest BCUT2D eigenvalue weighted by Crippen LogP contribution is -2.31. The summed E-state index contributed by atoms with van der Waals surface area (Å²) < 4.78 is 0. The second-order valence-corrected chi connectivity index (χ2v) is 5.12. The molecule has 86 valence electrons. The summed E-state index contributed by atoms with van der Waals surface area (Å²) in [4.78, 5) is 13.3. The Hall–Kier alpha value is -1.21. The topological polar surface area (TPSA) is 61.4 Å². The van der Waals surface area contributed by atoms with E-state index in [1.165, 1.54) is 35.6 Å². The maximum absolute atomic E-state index is 11.7. The highest BCUT2D eigenvalue weighted by Gasteiger charge is 2.31. The highest BCUT2D eigenvalue weighted by molar-refractivity contribution is 7.15. The van der Waals surface area contributed by atoms with Gasteiger partial charge in [-0.15, -0.1) is 10.2 Å². The van der Waals surface area contributed by atoms with Gasteiger partial charge in [-0.05, 0) is 12.8 Å². The van der Waals surface area contributed by atoms with Crippen molar-refractivity contribution in [3.8, 4) is 0 Å². The number of rotatable bonds is 2. The van der Waals surface area contributed by atoms with Crippen LogP contribution in [0.3, 0.4) is 0 Å². The number of anilines is 1. The molecule has 1 aliphatic carbocycles. The Balaban J connectivity index is 1.79. The van der Waals surface area contributed by atoms with Gasteiger partial charge < -0.3 is 0 Å². The average Bonchev–Trinajstić information content (AvgIpc) is 2.74. The molecule has 2 heterocycles. The van der Waals surface area contributed by atoms with E-state index in [2.05, 4.69) is 15.6 Å². The largest absolute Gasteiger partial charge is 0.341 e. The van der Waals surface area contributed by atoms with Crippen molar-refractivity contribution >= 4 is 22.5 Å². The molecule has 1 saturated heterocycles. The summed E-state index contributed by atoms with van der Waals surface area (Å²) in [6, 6.07) is -0.0729. The molecule has 0 unspecified atom stereocenters. The van der Waals surface area contributed by atoms with Gasteiger partial charge in [0.15, 0.2) is 0 Å². The zero-order valence-corrected chi connectivity index (χ0v) is 9.83. The van der Waals surface area contributed by atoms with E-state index in [0.29, 0.717) is 17.7 Å². The van der Waals surface area contributed by atoms with Gasteiger partial charge in [-0.3, -0.25) is 9.91 Å². The minimum Gasteiger partial charge on any atom is -0.261 e. The van der Waals surface area contributed by atoms with Crippen LogP contribution in [0.5, 0.6) is 0 Å². The van der Waals surface area contributed by atoms with Crippen molar-refractivity contribution in [2.24, 2.45) is 0 Å². The molecular weight excluding hydrogens is 226 g/mol. The summed E-state index contributed by atoms with van der Waals surface area (Å²) in [6.07, 6.45) is 3.70. The second kappa shape index (κ2) is 3.67. The molecule has 1 aliphatic heterocycles. The van der Waals surface area contributed by atoms with Crippen LogP contribution in [-0.2, 0) is 0 Å². The fraction of sp³-hybridized carbons (Fsp3) is 0.667. The van der Waals surface area contributed by atoms with Gasteiger partial charge >= 0.3 is 6.03 Å². The maximum Gasteiger partial charge on any atom is 0.341 e. The smallest absolute Gasteiger partial charge is 0.261 e. The summed E-state index contributed by atoms with van der Waals surface area (Å²) in [6.45, 7) is 0.481. The monoisotopic (exact) mass is 239 g/mol. The molecule has 16 heavy (non-hydrogen) atoms. The summed E-state index contributed by atoms with van der Waals surface area (Å²) in [5.41, 5.74) is 2.93. The Morgan fingerprint density at radius 3 is 2.81 bits per heavy atom. The fourth-order valence-electron chi connectivity index (χ4n) is 1.80. The molecule has 1 saturated carbocycles. The summed E-state index contributed by atoms with van der Waals surface area (Å²) in [5, 5.41) is 11.5. The number of carbonyl (C=O) groups is 1. The quantitative estimate of drug-likeness (QED) is 0.840. The van der Waals surface area contributed by atoms with Gasteiger partial charge in [0, 0.05) is 13.0 Å². The van der Waals surface area contributed by atoms with Crippen LogP contribution in [-0.4, -0.2) is 35.0 Å². The lowest BCUT2D eigenvalue weighted by molar-refractivity contribution is 0.217. The Morgan fingerprint density at radius 2 is 2.25 bits per heavy atom. The zero-order chi connectivity index (χ0) is 11.1. The first-order valence-corrected chi connectivity index (χ1v) is 6.19. The van der Waals surface area contributed by atoms with E-state index in [-0.39, 0.29) is 6.03 Å². The molecular formula is C9H13N5OS. The molecule has 1 aromatic heterocycles. The first-order chi connectivity index (χ1) is 7.75. The van der Waals surface area contributed by atoms with E-state index in [1.807, 2.05) is 0 Å². The number of nitrogens with zero attached hydrogens (tertiary/aromatic N) is 4. The molecule has 3 rings (SSSR count). The van der Waals surface area contributed by atoms with Crippen LogP contribution in [0, 0.1) is 0 Å². The van der Waals surface area contributed by atoms with Crippen molar-refractivity contribution in [2.45, 2.75) is 25.2 Å². The number of hydrogen-bond acceptors (Lipinski definition) is 5. The molecule has 0 radical (unpaired) electrons. The lowest BCUT2D eigenvalue weighted by Gasteiger charge is -2.21. The van der Waals surface area contributed by atoms with Gasteiger partial charge in [0.1, 0.15) is 5.01 Å². The number of amides is 2. The van der Waals surface area contributed by atoms with Gasteiger partial charge in [0.2, 0.25) is 5.13 Å². The van der Waals surface area contributed by atoms with Crippen molar-refractivity contribution in [3.05, 3.63) is 5.01 Å². The number of carbonyl (C=O) groups excluding carboxylic acids is 1. The van der Waals surface area contributed by atoms with Crippen molar-refractivity contribution in [1.29, 1.82) is 0 Å². The first kappa shape index (κ1) is 9.98. The highest BCUT2D eigenvalue weighted by Crippen LogP contribution is 2.39. The number of hydrazine groups is 1. The summed E-state index contributed by atoms with van der Waals surface area (Å²) >= 11 is 1.54. The molecule has 0 atom stereocenters. The third kappa shape index (κ3) is 1.47. The van der Waals surface area contributed by atoms with Crippen LogP contribution in [0.4, 0.5) is 9.93 Å². The van der Waals surface area contributed by atoms with E-state index >= 15 is 0 Å². The van der Waals surface area contributed by atoms with Crippen LogP contribution < -0.4 is 10.3 Å². The molecule has 2 fully saturated rings. The Bertz CT molecular complexity index is 416. The summed E-state index contributed by atoms with van der Waals surface area (Å²) in [5.74, 6) is 0.578. The van der Waals surface area contributed by atoms with E-state index in [4.69, 9.17) is 0 Å². The van der Waals surface area contributed by atoms with Gasteiger partial charge in [-0.1, -0.05) is 17.8 Å². The second-order valence-electron chi connectivity index (χ2n) is 4.14. The van der Waals surface area contributed by atoms with Crippen molar-refractivity contribution in [2.75, 3.05) is 18.6 Å². The van der Waals surface area contributed by atoms with Gasteiger partial charge in [0.05, 0.1) is 6.67 Å². The van der Waals surface area contributed by atoms with E-state index < -0.39 is 0 Å². The Kier molecular flexibility index (Phi) is 2.29. The summed E-state index contributed by atoms with van der Waals surface area (Å²) in [7, 11) is 1.70. The lowest BCUT2D eigenvalue weighted by atomic mass is 9.86. The van der Waals surface area contributed by atoms with E-state index in [9.17, 15) is 4.79 Å². The minimum atomic E-state index is -0.0729. The van der Waals surface area contributed by atoms with E-state index in [1.54, 1.807) is 11.9 Å². The molecule has 2 aliphatic rings. The number of hydrogen-bond donors (Lipinski definition) is 1.